The Morgan fingerprint density at radius 3 is 2.69 bits per heavy atom. The monoisotopic (exact) mass is 387 g/mol. The van der Waals surface area contributed by atoms with Gasteiger partial charge < -0.3 is 16.0 Å². The third-order valence-corrected chi connectivity index (χ3v) is 5.67. The normalized spacial score (nSPS) is 14.0. The lowest BCUT2D eigenvalue weighted by Gasteiger charge is -2.24. The van der Waals surface area contributed by atoms with E-state index < -0.39 is 0 Å². The standard InChI is InChI=1S/C26H33N3/c1-5-6-7-13-27-18-20(3)24(23-10-8-9-19(2)21(23)4)16-22-11-12-25-26(17-22)29-15-14-28-25/h8-12,17-18,24,27-29H,5,13-16H2,1-4H3/b20-18+. The van der Waals surface area contributed by atoms with E-state index in [2.05, 4.69) is 98.1 Å². The van der Waals surface area contributed by atoms with Crippen LogP contribution in [-0.4, -0.2) is 19.6 Å². The van der Waals surface area contributed by atoms with Crippen molar-refractivity contribution in [3.8, 4) is 11.8 Å². The molecule has 0 amide bonds. The molecule has 1 aliphatic heterocycles. The van der Waals surface area contributed by atoms with Crippen molar-refractivity contribution in [2.45, 2.75) is 46.5 Å². The third kappa shape index (κ3) is 5.35. The lowest BCUT2D eigenvalue weighted by atomic mass is 9.83. The zero-order valence-corrected chi connectivity index (χ0v) is 18.2. The number of hydrogen-bond acceptors (Lipinski definition) is 3. The van der Waals surface area contributed by atoms with Crippen LogP contribution in [0.1, 0.15) is 48.4 Å². The molecule has 2 aromatic carbocycles. The zero-order chi connectivity index (χ0) is 20.6. The van der Waals surface area contributed by atoms with E-state index >= 15 is 0 Å². The summed E-state index contributed by atoms with van der Waals surface area (Å²) in [5.41, 5.74) is 9.23. The van der Waals surface area contributed by atoms with Crippen LogP contribution in [0.4, 0.5) is 11.4 Å². The molecule has 1 unspecified atom stereocenters. The van der Waals surface area contributed by atoms with Gasteiger partial charge in [0.05, 0.1) is 17.9 Å². The van der Waals surface area contributed by atoms with Crippen LogP contribution in [0.3, 0.4) is 0 Å². The van der Waals surface area contributed by atoms with Crippen molar-refractivity contribution in [1.29, 1.82) is 0 Å². The highest BCUT2D eigenvalue weighted by Gasteiger charge is 2.18. The fourth-order valence-corrected chi connectivity index (χ4v) is 3.87. The topological polar surface area (TPSA) is 36.1 Å². The predicted molar refractivity (Wildman–Crippen MR) is 126 cm³/mol. The molecule has 29 heavy (non-hydrogen) atoms. The molecular formula is C26H33N3. The van der Waals surface area contributed by atoms with Gasteiger partial charge in [-0.05, 0) is 73.4 Å². The molecule has 3 nitrogen and oxygen atoms in total. The van der Waals surface area contributed by atoms with Crippen molar-refractivity contribution in [3.63, 3.8) is 0 Å². The van der Waals surface area contributed by atoms with E-state index in [-0.39, 0.29) is 0 Å². The molecule has 1 atom stereocenters. The molecule has 0 saturated carbocycles. The minimum atomic E-state index is 0.330. The van der Waals surface area contributed by atoms with Gasteiger partial charge in [0.25, 0.3) is 0 Å². The van der Waals surface area contributed by atoms with Crippen LogP contribution in [0.2, 0.25) is 0 Å². The van der Waals surface area contributed by atoms with Crippen LogP contribution in [0, 0.1) is 25.7 Å². The first-order valence-electron chi connectivity index (χ1n) is 10.6. The predicted octanol–water partition coefficient (Wildman–Crippen LogP) is 5.37. The second kappa shape index (κ2) is 10.1. The van der Waals surface area contributed by atoms with Crippen LogP contribution in [0.5, 0.6) is 0 Å². The minimum Gasteiger partial charge on any atom is -0.382 e. The Morgan fingerprint density at radius 2 is 1.90 bits per heavy atom. The summed E-state index contributed by atoms with van der Waals surface area (Å²) in [7, 11) is 0. The summed E-state index contributed by atoms with van der Waals surface area (Å²) in [6.45, 7) is 11.4. The second-order valence-electron chi connectivity index (χ2n) is 7.76. The average molecular weight is 388 g/mol. The Morgan fingerprint density at radius 1 is 1.10 bits per heavy atom. The number of anilines is 2. The number of hydrogen-bond donors (Lipinski definition) is 3. The second-order valence-corrected chi connectivity index (χ2v) is 7.76. The number of benzene rings is 2. The lowest BCUT2D eigenvalue weighted by Crippen LogP contribution is -2.20. The average Bonchev–Trinajstić information content (AvgIpc) is 2.74. The summed E-state index contributed by atoms with van der Waals surface area (Å²) in [6.07, 6.45) is 4.02. The van der Waals surface area contributed by atoms with Gasteiger partial charge in [0, 0.05) is 25.4 Å². The summed E-state index contributed by atoms with van der Waals surface area (Å²) >= 11 is 0. The maximum absolute atomic E-state index is 3.51. The first-order valence-corrected chi connectivity index (χ1v) is 10.6. The first kappa shape index (κ1) is 20.9. The van der Waals surface area contributed by atoms with E-state index in [9.17, 15) is 0 Å². The molecule has 3 heteroatoms. The largest absolute Gasteiger partial charge is 0.382 e. The van der Waals surface area contributed by atoms with Crippen molar-refractivity contribution < 1.29 is 0 Å². The van der Waals surface area contributed by atoms with Crippen LogP contribution in [-0.2, 0) is 6.42 Å². The van der Waals surface area contributed by atoms with Crippen molar-refractivity contribution in [2.24, 2.45) is 0 Å². The van der Waals surface area contributed by atoms with Gasteiger partial charge in [-0.3, -0.25) is 0 Å². The Hall–Kier alpha value is -2.86. The molecule has 0 aliphatic carbocycles. The molecule has 0 aromatic heterocycles. The number of aryl methyl sites for hydroxylation is 1. The molecule has 1 aliphatic rings. The van der Waals surface area contributed by atoms with Crippen LogP contribution in [0.15, 0.2) is 48.2 Å². The highest BCUT2D eigenvalue weighted by Crippen LogP contribution is 2.33. The summed E-state index contributed by atoms with van der Waals surface area (Å²) < 4.78 is 0. The van der Waals surface area contributed by atoms with Crippen molar-refractivity contribution in [3.05, 3.63) is 70.4 Å². The lowest BCUT2D eigenvalue weighted by molar-refractivity contribution is 0.765. The SMILES string of the molecule is CCC#CCN/C=C(\C)C(Cc1ccc2c(c1)NCCN2)c1cccc(C)c1C. The van der Waals surface area contributed by atoms with Crippen molar-refractivity contribution >= 4 is 11.4 Å². The third-order valence-electron chi connectivity index (χ3n) is 5.67. The van der Waals surface area contributed by atoms with Gasteiger partial charge in [0.1, 0.15) is 0 Å². The fourth-order valence-electron chi connectivity index (χ4n) is 3.87. The van der Waals surface area contributed by atoms with Gasteiger partial charge in [-0.25, -0.2) is 0 Å². The molecule has 0 spiro atoms. The minimum absolute atomic E-state index is 0.330. The van der Waals surface area contributed by atoms with Crippen molar-refractivity contribution in [2.75, 3.05) is 30.3 Å². The molecule has 2 aromatic rings. The Labute approximate surface area is 176 Å². The van der Waals surface area contributed by atoms with Crippen LogP contribution in [0.25, 0.3) is 0 Å². The molecular weight excluding hydrogens is 354 g/mol. The maximum Gasteiger partial charge on any atom is 0.0760 e. The summed E-state index contributed by atoms with van der Waals surface area (Å²) in [5.74, 6) is 6.60. The summed E-state index contributed by atoms with van der Waals surface area (Å²) in [5, 5.41) is 10.4. The van der Waals surface area contributed by atoms with Gasteiger partial charge in [-0.15, -0.1) is 5.92 Å². The van der Waals surface area contributed by atoms with Crippen LogP contribution < -0.4 is 16.0 Å². The van der Waals surface area contributed by atoms with E-state index in [1.54, 1.807) is 0 Å². The molecule has 3 N–H and O–H groups in total. The zero-order valence-electron chi connectivity index (χ0n) is 18.2. The highest BCUT2D eigenvalue weighted by molar-refractivity contribution is 5.71. The van der Waals surface area contributed by atoms with E-state index in [1.165, 1.54) is 39.2 Å². The molecule has 0 fully saturated rings. The van der Waals surface area contributed by atoms with Gasteiger partial charge in [0.2, 0.25) is 0 Å². The summed E-state index contributed by atoms with van der Waals surface area (Å²) in [6, 6.07) is 13.4. The first-order chi connectivity index (χ1) is 14.1. The van der Waals surface area contributed by atoms with E-state index in [1.807, 2.05) is 0 Å². The Kier molecular flexibility index (Phi) is 7.25. The number of fused-ring (bicyclic) bond motifs is 1. The number of nitrogens with one attached hydrogen (secondary N) is 3. The molecule has 152 valence electrons. The van der Waals surface area contributed by atoms with Crippen molar-refractivity contribution in [1.82, 2.24) is 5.32 Å². The number of rotatable bonds is 6. The fraction of sp³-hybridized carbons (Fsp3) is 0.385. The van der Waals surface area contributed by atoms with Gasteiger partial charge in [0.15, 0.2) is 0 Å². The highest BCUT2D eigenvalue weighted by atomic mass is 15.0. The quantitative estimate of drug-likeness (QED) is 0.460. The van der Waals surface area contributed by atoms with E-state index in [0.717, 1.165) is 25.9 Å². The van der Waals surface area contributed by atoms with Gasteiger partial charge >= 0.3 is 0 Å². The van der Waals surface area contributed by atoms with E-state index in [4.69, 9.17) is 0 Å². The molecule has 3 rings (SSSR count). The Bertz CT molecular complexity index is 931. The Balaban J connectivity index is 1.88. The van der Waals surface area contributed by atoms with Crippen LogP contribution >= 0.6 is 0 Å². The smallest absolute Gasteiger partial charge is 0.0760 e. The molecule has 1 heterocycles. The molecule has 0 saturated heterocycles. The van der Waals surface area contributed by atoms with E-state index in [0.29, 0.717) is 12.5 Å². The molecule has 0 bridgehead atoms. The maximum atomic E-state index is 3.51. The summed E-state index contributed by atoms with van der Waals surface area (Å²) in [4.78, 5) is 0. The van der Waals surface area contributed by atoms with Gasteiger partial charge in [-0.2, -0.15) is 0 Å². The molecule has 0 radical (unpaired) electrons. The van der Waals surface area contributed by atoms with Gasteiger partial charge in [-0.1, -0.05) is 37.1 Å². The number of allylic oxidation sites excluding steroid dienone is 1.